The van der Waals surface area contributed by atoms with Gasteiger partial charge >= 0.3 is 0 Å². The normalized spacial score (nSPS) is 19.3. The summed E-state index contributed by atoms with van der Waals surface area (Å²) < 4.78 is 47.9. The van der Waals surface area contributed by atoms with Gasteiger partial charge in [-0.1, -0.05) is 19.8 Å². The second kappa shape index (κ2) is 9.57. The largest absolute Gasteiger partial charge is 0.494 e. The summed E-state index contributed by atoms with van der Waals surface area (Å²) in [5, 5.41) is 2.68. The standard InChI is InChI=1S/C22H27FN2O4S/c1-3-29-18-11-9-17(10-12-18)24-22(26)16-8-13-19(23)21(14-16)30(27,28)25-20-7-5-4-6-15(20)2/h8-15,20,25H,3-7H2,1-2H3,(H,24,26)/t15-,20+/m0/s1. The zero-order valence-corrected chi connectivity index (χ0v) is 18.0. The molecule has 2 aromatic carbocycles. The summed E-state index contributed by atoms with van der Waals surface area (Å²) in [7, 11) is -4.09. The van der Waals surface area contributed by atoms with E-state index in [-0.39, 0.29) is 17.5 Å². The van der Waals surface area contributed by atoms with Crippen LogP contribution in [-0.2, 0) is 10.0 Å². The van der Waals surface area contributed by atoms with Crippen LogP contribution in [0.2, 0.25) is 0 Å². The second-order valence-corrected chi connectivity index (χ2v) is 9.23. The van der Waals surface area contributed by atoms with E-state index >= 15 is 0 Å². The SMILES string of the molecule is CCOc1ccc(NC(=O)c2ccc(F)c(S(=O)(=O)N[C@@H]3CCCC[C@@H]3C)c2)cc1. The number of sulfonamides is 1. The molecule has 0 heterocycles. The van der Waals surface area contributed by atoms with E-state index < -0.39 is 26.6 Å². The predicted octanol–water partition coefficient (Wildman–Crippen LogP) is 4.33. The first-order chi connectivity index (χ1) is 14.3. The third-order valence-corrected chi connectivity index (χ3v) is 6.83. The Bertz CT molecular complexity index is 993. The Kier molecular flexibility index (Phi) is 7.10. The second-order valence-electron chi connectivity index (χ2n) is 7.55. The van der Waals surface area contributed by atoms with Crippen molar-refractivity contribution < 1.29 is 22.3 Å². The van der Waals surface area contributed by atoms with Crippen LogP contribution < -0.4 is 14.8 Å². The van der Waals surface area contributed by atoms with E-state index in [0.717, 1.165) is 37.8 Å². The fourth-order valence-electron chi connectivity index (χ4n) is 3.61. The van der Waals surface area contributed by atoms with Crippen LogP contribution in [0.4, 0.5) is 10.1 Å². The minimum atomic E-state index is -4.09. The van der Waals surface area contributed by atoms with Crippen LogP contribution in [0.1, 0.15) is 49.9 Å². The van der Waals surface area contributed by atoms with Gasteiger partial charge < -0.3 is 10.1 Å². The van der Waals surface area contributed by atoms with Crippen molar-refractivity contribution in [2.24, 2.45) is 5.92 Å². The van der Waals surface area contributed by atoms with Gasteiger partial charge in [-0.2, -0.15) is 0 Å². The fourth-order valence-corrected chi connectivity index (χ4v) is 5.09. The van der Waals surface area contributed by atoms with E-state index in [1.807, 2.05) is 13.8 Å². The first kappa shape index (κ1) is 22.2. The van der Waals surface area contributed by atoms with Crippen LogP contribution in [0.3, 0.4) is 0 Å². The molecule has 0 radical (unpaired) electrons. The number of carbonyl (C=O) groups is 1. The summed E-state index contributed by atoms with van der Waals surface area (Å²) in [6.45, 7) is 4.40. The van der Waals surface area contributed by atoms with Crippen molar-refractivity contribution in [2.75, 3.05) is 11.9 Å². The maximum Gasteiger partial charge on any atom is 0.255 e. The van der Waals surface area contributed by atoms with Crippen LogP contribution >= 0.6 is 0 Å². The maximum absolute atomic E-state index is 14.4. The lowest BCUT2D eigenvalue weighted by Gasteiger charge is -2.29. The number of halogens is 1. The molecule has 1 aliphatic carbocycles. The van der Waals surface area contributed by atoms with E-state index in [1.54, 1.807) is 24.3 Å². The van der Waals surface area contributed by atoms with Crippen LogP contribution in [0.25, 0.3) is 0 Å². The molecule has 2 N–H and O–H groups in total. The highest BCUT2D eigenvalue weighted by Crippen LogP contribution is 2.26. The van der Waals surface area contributed by atoms with Crippen molar-refractivity contribution >= 4 is 21.6 Å². The summed E-state index contributed by atoms with van der Waals surface area (Å²) in [6, 6.07) is 9.91. The van der Waals surface area contributed by atoms with Gasteiger partial charge in [0.1, 0.15) is 16.5 Å². The lowest BCUT2D eigenvalue weighted by atomic mass is 9.87. The Labute approximate surface area is 176 Å². The van der Waals surface area contributed by atoms with E-state index in [9.17, 15) is 17.6 Å². The first-order valence-electron chi connectivity index (χ1n) is 10.2. The molecule has 0 bridgehead atoms. The quantitative estimate of drug-likeness (QED) is 0.679. The Morgan fingerprint density at radius 2 is 1.83 bits per heavy atom. The van der Waals surface area contributed by atoms with E-state index in [1.165, 1.54) is 6.07 Å². The van der Waals surface area contributed by atoms with Crippen molar-refractivity contribution in [2.45, 2.75) is 50.5 Å². The summed E-state index contributed by atoms with van der Waals surface area (Å²) in [5.74, 6) is -0.554. The number of carbonyl (C=O) groups excluding carboxylic acids is 1. The monoisotopic (exact) mass is 434 g/mol. The Hall–Kier alpha value is -2.45. The molecule has 6 nitrogen and oxygen atoms in total. The molecule has 1 aliphatic rings. The molecule has 0 saturated heterocycles. The molecule has 3 rings (SSSR count). The van der Waals surface area contributed by atoms with Crippen LogP contribution in [0.15, 0.2) is 47.4 Å². The van der Waals surface area contributed by atoms with Gasteiger partial charge in [0.2, 0.25) is 10.0 Å². The van der Waals surface area contributed by atoms with E-state index in [0.29, 0.717) is 18.0 Å². The van der Waals surface area contributed by atoms with Crippen LogP contribution in [0.5, 0.6) is 5.75 Å². The maximum atomic E-state index is 14.4. The third-order valence-electron chi connectivity index (χ3n) is 5.32. The minimum Gasteiger partial charge on any atom is -0.494 e. The van der Waals surface area contributed by atoms with Gasteiger partial charge in [-0.25, -0.2) is 17.5 Å². The van der Waals surface area contributed by atoms with Gasteiger partial charge in [0.15, 0.2) is 0 Å². The van der Waals surface area contributed by atoms with Gasteiger partial charge in [-0.3, -0.25) is 4.79 Å². The number of nitrogens with one attached hydrogen (secondary N) is 2. The van der Waals surface area contributed by atoms with Gasteiger partial charge in [-0.05, 0) is 68.1 Å². The summed E-state index contributed by atoms with van der Waals surface area (Å²) in [4.78, 5) is 12.1. The first-order valence-corrected chi connectivity index (χ1v) is 11.6. The number of hydrogen-bond acceptors (Lipinski definition) is 4. The van der Waals surface area contributed by atoms with Crippen LogP contribution in [0, 0.1) is 11.7 Å². The highest BCUT2D eigenvalue weighted by atomic mass is 32.2. The molecular weight excluding hydrogens is 407 g/mol. The molecule has 2 atom stereocenters. The van der Waals surface area contributed by atoms with Gasteiger partial charge in [-0.15, -0.1) is 0 Å². The average Bonchev–Trinajstić information content (AvgIpc) is 2.71. The van der Waals surface area contributed by atoms with Crippen molar-refractivity contribution in [1.29, 1.82) is 0 Å². The van der Waals surface area contributed by atoms with Crippen molar-refractivity contribution in [3.8, 4) is 5.75 Å². The third kappa shape index (κ3) is 5.37. The summed E-state index contributed by atoms with van der Waals surface area (Å²) in [6.07, 6.45) is 3.65. The highest BCUT2D eigenvalue weighted by molar-refractivity contribution is 7.89. The number of benzene rings is 2. The topological polar surface area (TPSA) is 84.5 Å². The fraction of sp³-hybridized carbons (Fsp3) is 0.409. The zero-order chi connectivity index (χ0) is 21.7. The van der Waals surface area contributed by atoms with E-state index in [2.05, 4.69) is 10.0 Å². The number of anilines is 1. The molecule has 0 spiro atoms. The predicted molar refractivity (Wildman–Crippen MR) is 114 cm³/mol. The zero-order valence-electron chi connectivity index (χ0n) is 17.2. The minimum absolute atomic E-state index is 0.0577. The molecule has 0 aromatic heterocycles. The molecule has 2 aromatic rings. The molecular formula is C22H27FN2O4S. The van der Waals surface area contributed by atoms with Crippen molar-refractivity contribution in [1.82, 2.24) is 4.72 Å². The van der Waals surface area contributed by atoms with E-state index in [4.69, 9.17) is 4.74 Å². The lowest BCUT2D eigenvalue weighted by molar-refractivity contribution is 0.102. The summed E-state index contributed by atoms with van der Waals surface area (Å²) in [5.41, 5.74) is 0.577. The smallest absolute Gasteiger partial charge is 0.255 e. The molecule has 0 unspecified atom stereocenters. The van der Waals surface area contributed by atoms with Gasteiger partial charge in [0.25, 0.3) is 5.91 Å². The molecule has 162 valence electrons. The lowest BCUT2D eigenvalue weighted by Crippen LogP contribution is -2.41. The molecule has 8 heteroatoms. The Balaban J connectivity index is 1.77. The number of ether oxygens (including phenoxy) is 1. The van der Waals surface area contributed by atoms with Crippen molar-refractivity contribution in [3.05, 3.63) is 53.8 Å². The molecule has 30 heavy (non-hydrogen) atoms. The molecule has 0 aliphatic heterocycles. The number of hydrogen-bond donors (Lipinski definition) is 2. The highest BCUT2D eigenvalue weighted by Gasteiger charge is 2.29. The van der Waals surface area contributed by atoms with Crippen LogP contribution in [-0.4, -0.2) is 27.0 Å². The van der Waals surface area contributed by atoms with Gasteiger partial charge in [0.05, 0.1) is 6.61 Å². The average molecular weight is 435 g/mol. The molecule has 1 saturated carbocycles. The Morgan fingerprint density at radius 1 is 1.13 bits per heavy atom. The number of rotatable bonds is 7. The molecule has 1 fully saturated rings. The number of amides is 1. The van der Waals surface area contributed by atoms with Crippen molar-refractivity contribution in [3.63, 3.8) is 0 Å². The summed E-state index contributed by atoms with van der Waals surface area (Å²) >= 11 is 0. The Morgan fingerprint density at radius 3 is 2.50 bits per heavy atom. The molecule has 1 amide bonds. The van der Waals surface area contributed by atoms with Gasteiger partial charge in [0, 0.05) is 17.3 Å².